The van der Waals surface area contributed by atoms with Crippen LogP contribution >= 0.6 is 7.75 Å². The standard InChI is InChI=1S/C21H25FN3O9P/c1-21(22)17(27)15(33-19(21)24-11-9-16(26)23-20(24)30)12-32-35(31,34-13-6-3-2-4-7-13)25-10-5-8-14(25)18(28)29/h2-4,6-7,9,11,14-15,17,19,27H,5,8,10,12H2,1H3,(H,28,29)(H,23,26,30)/t14-,15+,17+,19+,21+,35?/m0/s1. The molecule has 4 rings (SSSR count). The SMILES string of the molecule is C[C@@]1(F)[C@H](O)[C@@H](COP(=O)(Oc2ccccc2)N2CCC[C@H]2C(=O)O)O[C@H]1n1ccc(=O)[nH]c1=O. The quantitative estimate of drug-likeness (QED) is 0.439. The van der Waals surface area contributed by atoms with E-state index >= 15 is 4.39 Å². The van der Waals surface area contributed by atoms with Gasteiger partial charge in [0.1, 0.15) is 24.0 Å². The molecule has 0 amide bonds. The first kappa shape index (κ1) is 25.3. The van der Waals surface area contributed by atoms with Crippen LogP contribution in [-0.4, -0.2) is 67.5 Å². The summed E-state index contributed by atoms with van der Waals surface area (Å²) in [5.41, 5.74) is -4.13. The zero-order chi connectivity index (χ0) is 25.4. The minimum Gasteiger partial charge on any atom is -0.480 e. The Hall–Kier alpha value is -2.83. The molecule has 3 N–H and O–H groups in total. The maximum Gasteiger partial charge on any atom is 0.462 e. The van der Waals surface area contributed by atoms with Gasteiger partial charge >= 0.3 is 19.4 Å². The van der Waals surface area contributed by atoms with Crippen molar-refractivity contribution in [3.63, 3.8) is 0 Å². The van der Waals surface area contributed by atoms with Crippen LogP contribution in [-0.2, 0) is 18.6 Å². The number of nitrogens with zero attached hydrogens (tertiary/aromatic N) is 2. The van der Waals surface area contributed by atoms with Crippen LogP contribution in [0.4, 0.5) is 4.39 Å². The number of para-hydroxylation sites is 1. The summed E-state index contributed by atoms with van der Waals surface area (Å²) in [7, 11) is -4.30. The number of nitrogens with one attached hydrogen (secondary N) is 1. The van der Waals surface area contributed by atoms with Gasteiger partial charge in [0, 0.05) is 18.8 Å². The maximum absolute atomic E-state index is 15.5. The highest BCUT2D eigenvalue weighted by Gasteiger charge is 2.56. The number of alkyl halides is 1. The molecule has 0 saturated carbocycles. The molecule has 3 heterocycles. The fourth-order valence-electron chi connectivity index (χ4n) is 4.19. The zero-order valence-corrected chi connectivity index (χ0v) is 19.5. The number of carbonyl (C=O) groups is 1. The molecule has 0 bridgehead atoms. The Morgan fingerprint density at radius 3 is 2.69 bits per heavy atom. The third-order valence-electron chi connectivity index (χ3n) is 6.01. The van der Waals surface area contributed by atoms with Crippen LogP contribution in [0.15, 0.2) is 52.2 Å². The Balaban J connectivity index is 1.58. The lowest BCUT2D eigenvalue weighted by Crippen LogP contribution is -2.43. The van der Waals surface area contributed by atoms with Crippen molar-refractivity contribution in [2.75, 3.05) is 13.2 Å². The summed E-state index contributed by atoms with van der Waals surface area (Å²) in [4.78, 5) is 37.2. The number of aliphatic carboxylic acids is 1. The van der Waals surface area contributed by atoms with Gasteiger partial charge < -0.3 is 19.5 Å². The van der Waals surface area contributed by atoms with Crippen molar-refractivity contribution in [3.8, 4) is 5.75 Å². The Kier molecular flexibility index (Phi) is 6.98. The Bertz CT molecular complexity index is 1230. The van der Waals surface area contributed by atoms with Crippen LogP contribution in [0.25, 0.3) is 0 Å². The first-order valence-electron chi connectivity index (χ1n) is 10.9. The lowest BCUT2D eigenvalue weighted by atomic mass is 9.98. The van der Waals surface area contributed by atoms with E-state index in [1.54, 1.807) is 18.2 Å². The highest BCUT2D eigenvalue weighted by atomic mass is 31.2. The second kappa shape index (κ2) is 9.67. The van der Waals surface area contributed by atoms with Crippen LogP contribution in [0.5, 0.6) is 5.75 Å². The maximum atomic E-state index is 15.5. The van der Waals surface area contributed by atoms with Crippen LogP contribution in [0.2, 0.25) is 0 Å². The first-order valence-corrected chi connectivity index (χ1v) is 12.4. The summed E-state index contributed by atoms with van der Waals surface area (Å²) in [6.45, 7) is 0.495. The van der Waals surface area contributed by atoms with Crippen molar-refractivity contribution >= 4 is 13.7 Å². The molecular formula is C21H25FN3O9P. The molecule has 0 spiro atoms. The number of rotatable bonds is 8. The molecule has 1 unspecified atom stereocenters. The van der Waals surface area contributed by atoms with Crippen molar-refractivity contribution in [2.45, 2.75) is 49.9 Å². The van der Waals surface area contributed by atoms with E-state index in [-0.39, 0.29) is 18.7 Å². The number of halogens is 1. The molecule has 190 valence electrons. The number of aromatic nitrogens is 2. The van der Waals surface area contributed by atoms with E-state index in [9.17, 15) is 29.2 Å². The van der Waals surface area contributed by atoms with Gasteiger partial charge in [-0.1, -0.05) is 18.2 Å². The minimum absolute atomic E-state index is 0.116. The monoisotopic (exact) mass is 513 g/mol. The van der Waals surface area contributed by atoms with Gasteiger partial charge in [-0.2, -0.15) is 4.67 Å². The average Bonchev–Trinajstić information content (AvgIpc) is 3.38. The fraction of sp³-hybridized carbons (Fsp3) is 0.476. The second-order valence-corrected chi connectivity index (χ2v) is 10.4. The van der Waals surface area contributed by atoms with Gasteiger partial charge in [-0.05, 0) is 31.9 Å². The molecule has 0 aliphatic carbocycles. The van der Waals surface area contributed by atoms with Crippen molar-refractivity contribution in [3.05, 3.63) is 63.4 Å². The van der Waals surface area contributed by atoms with E-state index in [2.05, 4.69) is 0 Å². The zero-order valence-electron chi connectivity index (χ0n) is 18.7. The summed E-state index contributed by atoms with van der Waals surface area (Å²) in [6, 6.07) is 7.86. The number of ether oxygens (including phenoxy) is 1. The second-order valence-electron chi connectivity index (χ2n) is 8.47. The fourth-order valence-corrected chi connectivity index (χ4v) is 6.16. The molecule has 35 heavy (non-hydrogen) atoms. The van der Waals surface area contributed by atoms with Crippen molar-refractivity contribution < 1.29 is 37.7 Å². The molecule has 6 atom stereocenters. The molecule has 2 aromatic rings. The van der Waals surface area contributed by atoms with Gasteiger partial charge in [0.15, 0.2) is 11.9 Å². The van der Waals surface area contributed by atoms with Gasteiger partial charge in [0.05, 0.1) is 6.61 Å². The molecule has 2 aliphatic rings. The van der Waals surface area contributed by atoms with E-state index in [4.69, 9.17) is 13.8 Å². The Morgan fingerprint density at radius 2 is 2.03 bits per heavy atom. The summed E-state index contributed by atoms with van der Waals surface area (Å²) < 4.78 is 48.0. The highest BCUT2D eigenvalue weighted by molar-refractivity contribution is 7.51. The number of hydrogen-bond donors (Lipinski definition) is 3. The van der Waals surface area contributed by atoms with Crippen molar-refractivity contribution in [2.24, 2.45) is 0 Å². The molecule has 2 saturated heterocycles. The third kappa shape index (κ3) is 4.95. The van der Waals surface area contributed by atoms with E-state index in [1.807, 2.05) is 4.98 Å². The molecule has 2 fully saturated rings. The summed E-state index contributed by atoms with van der Waals surface area (Å²) >= 11 is 0. The van der Waals surface area contributed by atoms with Crippen LogP contribution < -0.4 is 15.8 Å². The first-order chi connectivity index (χ1) is 16.5. The molecule has 2 aliphatic heterocycles. The molecule has 12 nitrogen and oxygen atoms in total. The normalized spacial score (nSPS) is 30.7. The van der Waals surface area contributed by atoms with Gasteiger partial charge in [-0.15, -0.1) is 0 Å². The van der Waals surface area contributed by atoms with Gasteiger partial charge in [0.2, 0.25) is 0 Å². The summed E-state index contributed by atoms with van der Waals surface area (Å²) in [5.74, 6) is -1.04. The van der Waals surface area contributed by atoms with Crippen LogP contribution in [0.1, 0.15) is 26.0 Å². The van der Waals surface area contributed by atoms with E-state index in [0.717, 1.165) is 28.4 Å². The molecule has 0 radical (unpaired) electrons. The summed E-state index contributed by atoms with van der Waals surface area (Å²) in [5, 5.41) is 20.1. The summed E-state index contributed by atoms with van der Waals surface area (Å²) in [6.07, 6.45) is -3.14. The van der Waals surface area contributed by atoms with E-state index < -0.39 is 61.7 Å². The van der Waals surface area contributed by atoms with Crippen LogP contribution in [0.3, 0.4) is 0 Å². The highest BCUT2D eigenvalue weighted by Crippen LogP contribution is 2.56. The minimum atomic E-state index is -4.30. The molecule has 1 aromatic carbocycles. The average molecular weight is 513 g/mol. The number of hydrogen-bond acceptors (Lipinski definition) is 8. The van der Waals surface area contributed by atoms with Gasteiger partial charge in [0.25, 0.3) is 5.56 Å². The predicted molar refractivity (Wildman–Crippen MR) is 119 cm³/mol. The largest absolute Gasteiger partial charge is 0.480 e. The topological polar surface area (TPSA) is 160 Å². The third-order valence-corrected chi connectivity index (χ3v) is 8.04. The van der Waals surface area contributed by atoms with E-state index in [1.165, 1.54) is 12.1 Å². The Labute approximate surface area is 198 Å². The molecule has 1 aromatic heterocycles. The molecular weight excluding hydrogens is 488 g/mol. The Morgan fingerprint density at radius 1 is 1.31 bits per heavy atom. The van der Waals surface area contributed by atoms with Gasteiger partial charge in [-0.3, -0.25) is 23.7 Å². The van der Waals surface area contributed by atoms with Gasteiger partial charge in [-0.25, -0.2) is 13.8 Å². The lowest BCUT2D eigenvalue weighted by Gasteiger charge is -2.30. The molecule has 14 heteroatoms. The lowest BCUT2D eigenvalue weighted by molar-refractivity contribution is -0.141. The number of aliphatic hydroxyl groups excluding tert-OH is 1. The number of carboxylic acids is 1. The van der Waals surface area contributed by atoms with E-state index in [0.29, 0.717) is 6.42 Å². The number of aromatic amines is 1. The number of benzene rings is 1. The number of carboxylic acid groups (broad SMARTS) is 1. The number of H-pyrrole nitrogens is 1. The van der Waals surface area contributed by atoms with Crippen LogP contribution in [0, 0.1) is 0 Å². The predicted octanol–water partition coefficient (Wildman–Crippen LogP) is 1.28. The van der Waals surface area contributed by atoms with Crippen molar-refractivity contribution in [1.82, 2.24) is 14.2 Å². The smallest absolute Gasteiger partial charge is 0.462 e. The van der Waals surface area contributed by atoms with Crippen molar-refractivity contribution in [1.29, 1.82) is 0 Å². The number of aliphatic hydroxyl groups is 1.